The Bertz CT molecular complexity index is 421. The Labute approximate surface area is 83.3 Å². The third-order valence-corrected chi connectivity index (χ3v) is 1.77. The molecule has 1 rings (SSSR count). The molecule has 74 valence electrons. The summed E-state index contributed by atoms with van der Waals surface area (Å²) < 4.78 is 1.62. The van der Waals surface area contributed by atoms with Crippen LogP contribution in [0.15, 0.2) is 0 Å². The molecule has 4 heteroatoms. The number of aryl methyl sites for hydroxylation is 2. The standard InChI is InChI=1S/C10H13N3O/c1-5-6-9-7(2)12-13(4)10(9)11-8(3)14/h1-4H3,(H,11,14). The average Bonchev–Trinajstić information content (AvgIpc) is 2.31. The Hall–Kier alpha value is -1.76. The number of nitrogens with zero attached hydrogens (tertiary/aromatic N) is 2. The smallest absolute Gasteiger partial charge is 0.222 e. The van der Waals surface area contributed by atoms with Gasteiger partial charge in [0.15, 0.2) is 0 Å². The Morgan fingerprint density at radius 1 is 1.57 bits per heavy atom. The van der Waals surface area contributed by atoms with E-state index in [2.05, 4.69) is 22.3 Å². The van der Waals surface area contributed by atoms with Crippen molar-refractivity contribution in [2.75, 3.05) is 5.32 Å². The van der Waals surface area contributed by atoms with Gasteiger partial charge in [0.05, 0.1) is 11.3 Å². The summed E-state index contributed by atoms with van der Waals surface area (Å²) in [5.41, 5.74) is 1.61. The van der Waals surface area contributed by atoms with Crippen molar-refractivity contribution in [1.29, 1.82) is 0 Å². The lowest BCUT2D eigenvalue weighted by molar-refractivity contribution is -0.114. The fraction of sp³-hybridized carbons (Fsp3) is 0.400. The highest BCUT2D eigenvalue weighted by Gasteiger charge is 2.11. The van der Waals surface area contributed by atoms with Crippen LogP contribution in [0, 0.1) is 18.8 Å². The molecule has 0 aliphatic heterocycles. The second-order valence-electron chi connectivity index (χ2n) is 2.99. The van der Waals surface area contributed by atoms with E-state index in [-0.39, 0.29) is 5.91 Å². The first-order valence-electron chi connectivity index (χ1n) is 4.30. The highest BCUT2D eigenvalue weighted by molar-refractivity contribution is 5.89. The molecule has 0 aromatic carbocycles. The number of hydrogen-bond acceptors (Lipinski definition) is 2. The molecule has 1 heterocycles. The first kappa shape index (κ1) is 10.3. The highest BCUT2D eigenvalue weighted by atomic mass is 16.1. The zero-order chi connectivity index (χ0) is 10.7. The molecule has 0 fully saturated rings. The van der Waals surface area contributed by atoms with Crippen LogP contribution in [-0.2, 0) is 11.8 Å². The van der Waals surface area contributed by atoms with Crippen molar-refractivity contribution < 1.29 is 4.79 Å². The van der Waals surface area contributed by atoms with Crippen molar-refractivity contribution in [3.8, 4) is 11.8 Å². The molecule has 1 amide bonds. The maximum absolute atomic E-state index is 10.9. The topological polar surface area (TPSA) is 46.9 Å². The quantitative estimate of drug-likeness (QED) is 0.675. The van der Waals surface area contributed by atoms with E-state index in [1.165, 1.54) is 6.92 Å². The molecule has 1 N–H and O–H groups in total. The van der Waals surface area contributed by atoms with E-state index in [4.69, 9.17) is 0 Å². The van der Waals surface area contributed by atoms with Crippen LogP contribution in [0.4, 0.5) is 5.82 Å². The fourth-order valence-electron chi connectivity index (χ4n) is 1.24. The van der Waals surface area contributed by atoms with Crippen LogP contribution in [0.2, 0.25) is 0 Å². The average molecular weight is 191 g/mol. The number of amides is 1. The monoisotopic (exact) mass is 191 g/mol. The molecule has 1 aromatic heterocycles. The largest absolute Gasteiger partial charge is 0.310 e. The maximum Gasteiger partial charge on any atom is 0.222 e. The van der Waals surface area contributed by atoms with Gasteiger partial charge in [0, 0.05) is 14.0 Å². The molecule has 0 aliphatic carbocycles. The third kappa shape index (κ3) is 1.94. The van der Waals surface area contributed by atoms with E-state index >= 15 is 0 Å². The van der Waals surface area contributed by atoms with Crippen LogP contribution in [0.1, 0.15) is 25.1 Å². The summed E-state index contributed by atoms with van der Waals surface area (Å²) in [6, 6.07) is 0. The molecule has 0 aliphatic rings. The van der Waals surface area contributed by atoms with Crippen molar-refractivity contribution in [3.63, 3.8) is 0 Å². The van der Waals surface area contributed by atoms with Crippen molar-refractivity contribution in [3.05, 3.63) is 11.3 Å². The molecule has 0 unspecified atom stereocenters. The Balaban J connectivity index is 3.22. The lowest BCUT2D eigenvalue weighted by Gasteiger charge is -2.02. The minimum absolute atomic E-state index is 0.118. The molecule has 0 spiro atoms. The highest BCUT2D eigenvalue weighted by Crippen LogP contribution is 2.16. The van der Waals surface area contributed by atoms with Gasteiger partial charge in [-0.3, -0.25) is 9.48 Å². The van der Waals surface area contributed by atoms with Crippen molar-refractivity contribution in [1.82, 2.24) is 9.78 Å². The predicted molar refractivity (Wildman–Crippen MR) is 54.8 cm³/mol. The van der Waals surface area contributed by atoms with Gasteiger partial charge in [-0.1, -0.05) is 5.92 Å². The molecule has 1 aromatic rings. The van der Waals surface area contributed by atoms with Crippen molar-refractivity contribution in [2.24, 2.45) is 7.05 Å². The van der Waals surface area contributed by atoms with Crippen LogP contribution < -0.4 is 5.32 Å². The summed E-state index contributed by atoms with van der Waals surface area (Å²) in [6.07, 6.45) is 0. The van der Waals surface area contributed by atoms with Crippen LogP contribution in [0.3, 0.4) is 0 Å². The number of anilines is 1. The summed E-state index contributed by atoms with van der Waals surface area (Å²) in [6.45, 7) is 5.08. The predicted octanol–water partition coefficient (Wildman–Crippen LogP) is 1.06. The normalized spacial score (nSPS) is 9.14. The van der Waals surface area contributed by atoms with Gasteiger partial charge < -0.3 is 5.32 Å². The number of carbonyl (C=O) groups excluding carboxylic acids is 1. The van der Waals surface area contributed by atoms with Crippen molar-refractivity contribution in [2.45, 2.75) is 20.8 Å². The van der Waals surface area contributed by atoms with Crippen molar-refractivity contribution >= 4 is 11.7 Å². The van der Waals surface area contributed by atoms with Crippen LogP contribution >= 0.6 is 0 Å². The van der Waals surface area contributed by atoms with E-state index in [1.54, 1.807) is 18.7 Å². The van der Waals surface area contributed by atoms with Crippen LogP contribution in [-0.4, -0.2) is 15.7 Å². The van der Waals surface area contributed by atoms with Gasteiger partial charge in [-0.15, -0.1) is 5.92 Å². The molecular formula is C10H13N3O. The van der Waals surface area contributed by atoms with Gasteiger partial charge >= 0.3 is 0 Å². The molecule has 14 heavy (non-hydrogen) atoms. The number of rotatable bonds is 1. The maximum atomic E-state index is 10.9. The zero-order valence-corrected chi connectivity index (χ0v) is 8.80. The van der Waals surface area contributed by atoms with Gasteiger partial charge in [0.2, 0.25) is 5.91 Å². The van der Waals surface area contributed by atoms with Gasteiger partial charge in [0.25, 0.3) is 0 Å². The molecule has 0 bridgehead atoms. The van der Waals surface area contributed by atoms with Crippen LogP contribution in [0.5, 0.6) is 0 Å². The molecule has 4 nitrogen and oxygen atoms in total. The first-order chi connectivity index (χ1) is 6.56. The first-order valence-corrected chi connectivity index (χ1v) is 4.30. The summed E-state index contributed by atoms with van der Waals surface area (Å²) in [4.78, 5) is 10.9. The number of carbonyl (C=O) groups is 1. The minimum atomic E-state index is -0.118. The van der Waals surface area contributed by atoms with Gasteiger partial charge in [0.1, 0.15) is 5.82 Å². The second kappa shape index (κ2) is 3.97. The summed E-state index contributed by atoms with van der Waals surface area (Å²) >= 11 is 0. The zero-order valence-electron chi connectivity index (χ0n) is 8.80. The third-order valence-electron chi connectivity index (χ3n) is 1.77. The summed E-state index contributed by atoms with van der Waals surface area (Å²) in [7, 11) is 1.78. The number of nitrogens with one attached hydrogen (secondary N) is 1. The van der Waals surface area contributed by atoms with E-state index in [1.807, 2.05) is 6.92 Å². The SMILES string of the molecule is CC#Cc1c(C)nn(C)c1NC(C)=O. The van der Waals surface area contributed by atoms with E-state index in [0.717, 1.165) is 11.3 Å². The molecule has 0 saturated carbocycles. The number of aromatic nitrogens is 2. The lowest BCUT2D eigenvalue weighted by Crippen LogP contribution is -2.10. The van der Waals surface area contributed by atoms with Crippen LogP contribution in [0.25, 0.3) is 0 Å². The molecule has 0 saturated heterocycles. The molecule has 0 radical (unpaired) electrons. The number of hydrogen-bond donors (Lipinski definition) is 1. The summed E-state index contributed by atoms with van der Waals surface area (Å²) in [5.74, 6) is 6.26. The Morgan fingerprint density at radius 2 is 2.21 bits per heavy atom. The molecule has 0 atom stereocenters. The van der Waals surface area contributed by atoms with E-state index < -0.39 is 0 Å². The van der Waals surface area contributed by atoms with Gasteiger partial charge in [-0.25, -0.2) is 0 Å². The summed E-state index contributed by atoms with van der Waals surface area (Å²) in [5, 5.41) is 6.89. The second-order valence-corrected chi connectivity index (χ2v) is 2.99. The van der Waals surface area contributed by atoms with E-state index in [0.29, 0.717) is 5.82 Å². The Kier molecular flexibility index (Phi) is 2.92. The van der Waals surface area contributed by atoms with Gasteiger partial charge in [-0.05, 0) is 13.8 Å². The molecular weight excluding hydrogens is 178 g/mol. The fourth-order valence-corrected chi connectivity index (χ4v) is 1.24. The van der Waals surface area contributed by atoms with E-state index in [9.17, 15) is 4.79 Å². The van der Waals surface area contributed by atoms with Gasteiger partial charge in [-0.2, -0.15) is 5.10 Å². The Morgan fingerprint density at radius 3 is 2.71 bits per heavy atom. The minimum Gasteiger partial charge on any atom is -0.310 e. The lowest BCUT2D eigenvalue weighted by atomic mass is 10.2.